The molecule has 4 atom stereocenters. The number of likely N-dealkylation sites (tertiary alicyclic amines) is 2. The second-order valence-corrected chi connectivity index (χ2v) is 9.43. The van der Waals surface area contributed by atoms with E-state index < -0.39 is 11.2 Å². The second-order valence-electron chi connectivity index (χ2n) is 9.43. The van der Waals surface area contributed by atoms with Crippen LogP contribution in [-0.2, 0) is 9.47 Å². The summed E-state index contributed by atoms with van der Waals surface area (Å²) in [4.78, 5) is 26.2. The number of nitrogens with two attached hydrogens (primary N) is 4. The Hall–Kier alpha value is -1.04. The average molecular weight is 475 g/mol. The van der Waals surface area contributed by atoms with Crippen LogP contribution >= 0.6 is 24.8 Å². The molecule has 2 aliphatic rings. The summed E-state index contributed by atoms with van der Waals surface area (Å²) in [7, 11) is 0. The molecular weight excluding hydrogens is 435 g/mol. The van der Waals surface area contributed by atoms with Crippen LogP contribution in [0.2, 0.25) is 0 Å². The zero-order valence-electron chi connectivity index (χ0n) is 18.8. The van der Waals surface area contributed by atoms with Crippen LogP contribution in [-0.4, -0.2) is 83.5 Å². The maximum atomic E-state index is 11.5. The van der Waals surface area contributed by atoms with Crippen molar-refractivity contribution in [3.8, 4) is 0 Å². The fourth-order valence-corrected chi connectivity index (χ4v) is 2.66. The molecule has 180 valence electrons. The molecule has 30 heavy (non-hydrogen) atoms. The molecule has 8 N–H and O–H groups in total. The Morgan fingerprint density at radius 2 is 0.833 bits per heavy atom. The predicted molar refractivity (Wildman–Crippen MR) is 122 cm³/mol. The quantitative estimate of drug-likeness (QED) is 0.396. The van der Waals surface area contributed by atoms with E-state index in [4.69, 9.17) is 32.4 Å². The topological polar surface area (TPSA) is 163 Å². The molecule has 0 radical (unpaired) electrons. The normalized spacial score (nSPS) is 26.1. The number of carbonyl (C=O) groups is 2. The van der Waals surface area contributed by atoms with E-state index in [-0.39, 0.29) is 61.2 Å². The number of amides is 2. The van der Waals surface area contributed by atoms with Crippen molar-refractivity contribution in [1.82, 2.24) is 9.80 Å². The van der Waals surface area contributed by atoms with Crippen molar-refractivity contribution in [2.45, 2.75) is 76.9 Å². The lowest BCUT2D eigenvalue weighted by atomic mass is 10.2. The number of hydrogen-bond acceptors (Lipinski definition) is 8. The minimum Gasteiger partial charge on any atom is -0.444 e. The molecule has 2 saturated heterocycles. The summed E-state index contributed by atoms with van der Waals surface area (Å²) in [6, 6.07) is -0.546. The highest BCUT2D eigenvalue weighted by Gasteiger charge is 2.33. The zero-order chi connectivity index (χ0) is 21.9. The van der Waals surface area contributed by atoms with Gasteiger partial charge in [0.2, 0.25) is 0 Å². The smallest absolute Gasteiger partial charge is 0.410 e. The molecule has 0 bridgehead atoms. The number of carbonyl (C=O) groups excluding carboxylic acids is 2. The van der Waals surface area contributed by atoms with E-state index in [0.717, 1.165) is 0 Å². The van der Waals surface area contributed by atoms with Gasteiger partial charge in [-0.25, -0.2) is 9.59 Å². The Morgan fingerprint density at radius 1 is 0.633 bits per heavy atom. The van der Waals surface area contributed by atoms with Gasteiger partial charge in [0.05, 0.1) is 0 Å². The Balaban J connectivity index is 0. The first-order valence-corrected chi connectivity index (χ1v) is 9.57. The van der Waals surface area contributed by atoms with Gasteiger partial charge in [-0.2, -0.15) is 0 Å². The summed E-state index contributed by atoms with van der Waals surface area (Å²) in [5, 5.41) is 0. The van der Waals surface area contributed by atoms with Crippen LogP contribution in [0.3, 0.4) is 0 Å². The number of nitrogens with zero attached hydrogens (tertiary/aromatic N) is 2. The van der Waals surface area contributed by atoms with E-state index in [1.807, 2.05) is 41.5 Å². The van der Waals surface area contributed by atoms with E-state index in [9.17, 15) is 9.59 Å². The molecule has 0 saturated carbocycles. The highest BCUT2D eigenvalue weighted by atomic mass is 35.5. The lowest BCUT2D eigenvalue weighted by Crippen LogP contribution is -2.39. The summed E-state index contributed by atoms with van der Waals surface area (Å²) in [6.07, 6.45) is -0.665. The predicted octanol–water partition coefficient (Wildman–Crippen LogP) is 0.627. The Morgan fingerprint density at radius 3 is 1.00 bits per heavy atom. The summed E-state index contributed by atoms with van der Waals surface area (Å²) >= 11 is 0. The third kappa shape index (κ3) is 10.8. The average Bonchev–Trinajstić information content (AvgIpc) is 3.00. The van der Waals surface area contributed by atoms with Crippen LogP contribution in [0.5, 0.6) is 0 Å². The van der Waals surface area contributed by atoms with Crippen LogP contribution in [0, 0.1) is 0 Å². The van der Waals surface area contributed by atoms with Crippen LogP contribution in [0.15, 0.2) is 0 Å². The van der Waals surface area contributed by atoms with E-state index >= 15 is 0 Å². The third-order valence-electron chi connectivity index (χ3n) is 4.13. The fourth-order valence-electron chi connectivity index (χ4n) is 2.66. The van der Waals surface area contributed by atoms with Gasteiger partial charge in [-0.15, -0.1) is 24.8 Å². The first kappa shape index (κ1) is 31.1. The summed E-state index contributed by atoms with van der Waals surface area (Å²) in [6.45, 7) is 12.9. The highest BCUT2D eigenvalue weighted by molar-refractivity contribution is 5.85. The number of hydrogen-bond donors (Lipinski definition) is 4. The van der Waals surface area contributed by atoms with Gasteiger partial charge in [0.25, 0.3) is 0 Å². The summed E-state index contributed by atoms with van der Waals surface area (Å²) in [5.41, 5.74) is 21.9. The van der Waals surface area contributed by atoms with Crippen molar-refractivity contribution >= 4 is 37.0 Å². The Kier molecular flexibility index (Phi) is 12.6. The molecular formula is C18H40Cl2N6O4. The number of halogens is 2. The van der Waals surface area contributed by atoms with Gasteiger partial charge in [0.15, 0.2) is 0 Å². The monoisotopic (exact) mass is 474 g/mol. The van der Waals surface area contributed by atoms with Crippen molar-refractivity contribution in [2.75, 3.05) is 26.2 Å². The van der Waals surface area contributed by atoms with Gasteiger partial charge >= 0.3 is 12.2 Å². The van der Waals surface area contributed by atoms with Crippen molar-refractivity contribution in [1.29, 1.82) is 0 Å². The number of rotatable bonds is 0. The number of ether oxygens (including phenoxy) is 2. The highest BCUT2D eigenvalue weighted by Crippen LogP contribution is 2.14. The molecule has 0 spiro atoms. The van der Waals surface area contributed by atoms with Crippen LogP contribution < -0.4 is 22.9 Å². The van der Waals surface area contributed by atoms with Gasteiger partial charge < -0.3 is 42.2 Å². The molecule has 0 unspecified atom stereocenters. The van der Waals surface area contributed by atoms with Gasteiger partial charge in [0, 0.05) is 50.3 Å². The molecule has 2 fully saturated rings. The van der Waals surface area contributed by atoms with Crippen LogP contribution in [0.4, 0.5) is 9.59 Å². The molecule has 0 aliphatic carbocycles. The first-order chi connectivity index (χ1) is 12.6. The van der Waals surface area contributed by atoms with E-state index in [1.165, 1.54) is 0 Å². The molecule has 2 aliphatic heterocycles. The van der Waals surface area contributed by atoms with Gasteiger partial charge in [-0.1, -0.05) is 0 Å². The largest absolute Gasteiger partial charge is 0.444 e. The molecule has 12 heteroatoms. The zero-order valence-corrected chi connectivity index (χ0v) is 20.4. The third-order valence-corrected chi connectivity index (χ3v) is 4.13. The molecule has 2 rings (SSSR count). The molecule has 2 heterocycles. The Labute approximate surface area is 192 Å². The van der Waals surface area contributed by atoms with Crippen molar-refractivity contribution in [3.63, 3.8) is 0 Å². The maximum Gasteiger partial charge on any atom is 0.410 e. The van der Waals surface area contributed by atoms with Gasteiger partial charge in [-0.05, 0) is 41.5 Å². The molecule has 0 aromatic rings. The minimum atomic E-state index is -0.464. The molecule has 2 amide bonds. The maximum absolute atomic E-state index is 11.5. The molecule has 0 aromatic heterocycles. The molecule has 10 nitrogen and oxygen atoms in total. The van der Waals surface area contributed by atoms with E-state index in [1.54, 1.807) is 9.80 Å². The fraction of sp³-hybridized carbons (Fsp3) is 0.889. The minimum absolute atomic E-state index is 0. The Bertz CT molecular complexity index is 488. The van der Waals surface area contributed by atoms with E-state index in [2.05, 4.69) is 0 Å². The first-order valence-electron chi connectivity index (χ1n) is 9.57. The standard InChI is InChI=1S/2C9H19N3O2.2ClH/c2*1-9(2,3)14-8(13)12-4-6(10)7(11)5-12;;/h2*6-7H,4-5,10-11H2,1-3H3;2*1H/t2*6-,7+;;. The van der Waals surface area contributed by atoms with Gasteiger partial charge in [-0.3, -0.25) is 0 Å². The van der Waals surface area contributed by atoms with Crippen molar-refractivity contribution in [3.05, 3.63) is 0 Å². The van der Waals surface area contributed by atoms with Crippen molar-refractivity contribution < 1.29 is 19.1 Å². The summed E-state index contributed by atoms with van der Waals surface area (Å²) in [5.74, 6) is 0. The van der Waals surface area contributed by atoms with Crippen LogP contribution in [0.1, 0.15) is 41.5 Å². The van der Waals surface area contributed by atoms with Crippen LogP contribution in [0.25, 0.3) is 0 Å². The van der Waals surface area contributed by atoms with Gasteiger partial charge in [0.1, 0.15) is 11.2 Å². The SMILES string of the molecule is CC(C)(C)OC(=O)N1C[C@@H](N)[C@@H](N)C1.CC(C)(C)OC(=O)N1C[C@@H](N)[C@@H](N)C1.Cl.Cl. The lowest BCUT2D eigenvalue weighted by molar-refractivity contribution is 0.0280. The molecule has 0 aromatic carbocycles. The second kappa shape index (κ2) is 12.1. The van der Waals surface area contributed by atoms with E-state index in [0.29, 0.717) is 26.2 Å². The van der Waals surface area contributed by atoms with Crippen molar-refractivity contribution in [2.24, 2.45) is 22.9 Å². The summed E-state index contributed by atoms with van der Waals surface area (Å²) < 4.78 is 10.4. The lowest BCUT2D eigenvalue weighted by Gasteiger charge is -2.24.